The van der Waals surface area contributed by atoms with Crippen molar-refractivity contribution in [2.75, 3.05) is 11.8 Å². The van der Waals surface area contributed by atoms with E-state index in [4.69, 9.17) is 16.3 Å². The fourth-order valence-corrected chi connectivity index (χ4v) is 8.97. The second-order valence-electron chi connectivity index (χ2n) is 13.3. The Balaban J connectivity index is 1.43. The SMILES string of the molecule is COc1ccc(CC2(S(=O)(=O)Nc3nn(CC(F)F)c4c(-n5c([C@H](Cc6cc(F)cc(F)c6)NC(=O)O)nc6cc(Br)ccc6c5=O)ccc(Cl)c34)CC2)cc1. The molecule has 1 fully saturated rings. The number of halogens is 6. The molecular weight excluding hydrogens is 848 g/mol. The number of amides is 1. The number of hydrogen-bond acceptors (Lipinski definition) is 7. The number of benzene rings is 4. The summed E-state index contributed by atoms with van der Waals surface area (Å²) in [7, 11) is -2.75. The number of anilines is 1. The second kappa shape index (κ2) is 15.0. The second-order valence-corrected chi connectivity index (χ2v) is 16.7. The van der Waals surface area contributed by atoms with E-state index in [1.807, 2.05) is 0 Å². The van der Waals surface area contributed by atoms with Crippen LogP contribution in [0.25, 0.3) is 27.5 Å². The third kappa shape index (κ3) is 7.64. The van der Waals surface area contributed by atoms with Gasteiger partial charge in [-0.25, -0.2) is 35.8 Å². The van der Waals surface area contributed by atoms with E-state index in [0.29, 0.717) is 29.1 Å². The molecule has 0 bridgehead atoms. The summed E-state index contributed by atoms with van der Waals surface area (Å²) in [5.41, 5.74) is -0.335. The van der Waals surface area contributed by atoms with Crippen LogP contribution in [0.5, 0.6) is 5.75 Å². The lowest BCUT2D eigenvalue weighted by Gasteiger charge is -2.23. The lowest BCUT2D eigenvalue weighted by molar-refractivity contribution is 0.123. The van der Waals surface area contributed by atoms with Crippen molar-refractivity contribution in [3.63, 3.8) is 0 Å². The maximum Gasteiger partial charge on any atom is 0.405 e. The van der Waals surface area contributed by atoms with Gasteiger partial charge in [-0.05, 0) is 85.0 Å². The Hall–Kier alpha value is -5.20. The van der Waals surface area contributed by atoms with Crippen molar-refractivity contribution in [2.45, 2.75) is 49.4 Å². The molecule has 1 aliphatic carbocycles. The molecule has 4 aromatic carbocycles. The predicted octanol–water partition coefficient (Wildman–Crippen LogP) is 7.77. The molecule has 1 saturated carbocycles. The molecular formula is C37H30BrClF4N6O6S. The Morgan fingerprint density at radius 1 is 1.04 bits per heavy atom. The minimum absolute atomic E-state index is 0.000668. The van der Waals surface area contributed by atoms with Crippen LogP contribution in [0.4, 0.5) is 28.2 Å². The molecule has 56 heavy (non-hydrogen) atoms. The van der Waals surface area contributed by atoms with Crippen LogP contribution in [0.2, 0.25) is 5.02 Å². The molecule has 0 unspecified atom stereocenters. The van der Waals surface area contributed by atoms with Gasteiger partial charge in [0.05, 0.1) is 50.4 Å². The molecule has 292 valence electrons. The molecule has 0 spiro atoms. The maximum atomic E-state index is 14.5. The lowest BCUT2D eigenvalue weighted by Crippen LogP contribution is -2.35. The van der Waals surface area contributed by atoms with Crippen LogP contribution in [-0.4, -0.2) is 57.2 Å². The summed E-state index contributed by atoms with van der Waals surface area (Å²) in [6, 6.07) is 15.1. The van der Waals surface area contributed by atoms with Gasteiger partial charge >= 0.3 is 6.09 Å². The zero-order valence-electron chi connectivity index (χ0n) is 29.1. The number of nitrogens with zero attached hydrogens (tertiary/aromatic N) is 4. The zero-order valence-corrected chi connectivity index (χ0v) is 32.2. The largest absolute Gasteiger partial charge is 0.497 e. The number of ether oxygens (including phenoxy) is 1. The van der Waals surface area contributed by atoms with Crippen molar-refractivity contribution in [1.29, 1.82) is 0 Å². The third-order valence-corrected chi connectivity index (χ3v) is 12.5. The number of hydrogen-bond donors (Lipinski definition) is 3. The number of fused-ring (bicyclic) bond motifs is 2. The summed E-state index contributed by atoms with van der Waals surface area (Å²) in [5.74, 6) is -1.96. The van der Waals surface area contributed by atoms with E-state index in [0.717, 1.165) is 26.9 Å². The van der Waals surface area contributed by atoms with E-state index in [1.54, 1.807) is 30.3 Å². The summed E-state index contributed by atoms with van der Waals surface area (Å²) in [4.78, 5) is 31.4. The molecule has 2 heterocycles. The van der Waals surface area contributed by atoms with Gasteiger partial charge in [-0.2, -0.15) is 5.10 Å². The fraction of sp³-hybridized carbons (Fsp3) is 0.243. The molecule has 12 nitrogen and oxygen atoms in total. The number of rotatable bonds is 13. The molecule has 1 amide bonds. The van der Waals surface area contributed by atoms with E-state index >= 15 is 0 Å². The van der Waals surface area contributed by atoms with Gasteiger partial charge in [-0.1, -0.05) is 39.7 Å². The minimum atomic E-state index is -4.26. The number of carbonyl (C=O) groups is 1. The first kappa shape index (κ1) is 39.1. The average molecular weight is 878 g/mol. The Bertz CT molecular complexity index is 2670. The van der Waals surface area contributed by atoms with Crippen LogP contribution >= 0.6 is 27.5 Å². The first-order valence-electron chi connectivity index (χ1n) is 16.9. The Morgan fingerprint density at radius 2 is 1.73 bits per heavy atom. The highest BCUT2D eigenvalue weighted by Gasteiger charge is 2.55. The summed E-state index contributed by atoms with van der Waals surface area (Å²) in [6.07, 6.45) is -4.28. The Kier molecular flexibility index (Phi) is 10.5. The first-order valence-corrected chi connectivity index (χ1v) is 19.5. The molecule has 7 rings (SSSR count). The smallest absolute Gasteiger partial charge is 0.405 e. The number of alkyl halides is 2. The van der Waals surface area contributed by atoms with Gasteiger partial charge < -0.3 is 15.2 Å². The van der Waals surface area contributed by atoms with E-state index in [2.05, 4.69) is 36.1 Å². The van der Waals surface area contributed by atoms with Gasteiger partial charge in [0.2, 0.25) is 10.0 Å². The topological polar surface area (TPSA) is 157 Å². The zero-order chi connectivity index (χ0) is 40.1. The van der Waals surface area contributed by atoms with Crippen molar-refractivity contribution < 1.29 is 40.6 Å². The highest BCUT2D eigenvalue weighted by atomic mass is 79.9. The number of aromatic nitrogens is 4. The summed E-state index contributed by atoms with van der Waals surface area (Å²) < 4.78 is 94.0. The van der Waals surface area contributed by atoms with E-state index in [-0.39, 0.29) is 56.1 Å². The van der Waals surface area contributed by atoms with Crippen LogP contribution in [0.15, 0.2) is 82.1 Å². The van der Waals surface area contributed by atoms with Crippen molar-refractivity contribution in [3.05, 3.63) is 121 Å². The van der Waals surface area contributed by atoms with E-state index < -0.39 is 63.5 Å². The van der Waals surface area contributed by atoms with Crippen molar-refractivity contribution in [1.82, 2.24) is 24.6 Å². The Labute approximate surface area is 329 Å². The molecule has 1 aliphatic rings. The molecule has 1 atom stereocenters. The van der Waals surface area contributed by atoms with Crippen LogP contribution in [-0.2, 0) is 29.4 Å². The minimum Gasteiger partial charge on any atom is -0.497 e. The highest BCUT2D eigenvalue weighted by Crippen LogP contribution is 2.48. The molecule has 3 N–H and O–H groups in total. The molecule has 0 radical (unpaired) electrons. The lowest BCUT2D eigenvalue weighted by atomic mass is 10.0. The standard InChI is InChI=1S/C37H30BrClF4N6O6S/c1-55-24-5-2-19(3-6-24)17-37(10-11-37)56(53,54)47-33-31-26(39)8-9-29(32(31)48(46-33)18-30(42)43)49-34(44-27-15-21(38)4-7-25(27)35(49)50)28(45-36(51)52)14-20-12-22(40)16-23(41)13-20/h2-9,12-13,15-16,28,30,45H,10-11,14,17-18H2,1H3,(H,46,47)(H,51,52)/t28-/m0/s1. The summed E-state index contributed by atoms with van der Waals surface area (Å²) >= 11 is 10.0. The molecule has 19 heteroatoms. The van der Waals surface area contributed by atoms with Crippen molar-refractivity contribution in [2.24, 2.45) is 0 Å². The Morgan fingerprint density at radius 3 is 2.36 bits per heavy atom. The van der Waals surface area contributed by atoms with Crippen LogP contribution in [0, 0.1) is 11.6 Å². The highest BCUT2D eigenvalue weighted by molar-refractivity contribution is 9.10. The molecule has 2 aromatic heterocycles. The fourth-order valence-electron chi connectivity index (χ4n) is 6.77. The van der Waals surface area contributed by atoms with E-state index in [1.165, 1.54) is 31.4 Å². The van der Waals surface area contributed by atoms with Gasteiger partial charge in [0, 0.05) is 17.0 Å². The monoisotopic (exact) mass is 876 g/mol. The third-order valence-electron chi connectivity index (χ3n) is 9.50. The average Bonchev–Trinajstić information content (AvgIpc) is 3.83. The number of methoxy groups -OCH3 is 1. The van der Waals surface area contributed by atoms with Gasteiger partial charge in [-0.15, -0.1) is 0 Å². The molecule has 0 saturated heterocycles. The quantitative estimate of drug-likeness (QED) is 0.0994. The van der Waals surface area contributed by atoms with Crippen LogP contribution < -0.4 is 20.3 Å². The summed E-state index contributed by atoms with van der Waals surface area (Å²) in [5, 5.41) is 16.2. The van der Waals surface area contributed by atoms with Crippen LogP contribution in [0.3, 0.4) is 0 Å². The van der Waals surface area contributed by atoms with E-state index in [9.17, 15) is 40.7 Å². The molecule has 6 aromatic rings. The van der Waals surface area contributed by atoms with Gasteiger partial charge in [0.1, 0.15) is 29.8 Å². The van der Waals surface area contributed by atoms with Crippen molar-refractivity contribution in [3.8, 4) is 11.4 Å². The van der Waals surface area contributed by atoms with Crippen LogP contribution in [0.1, 0.15) is 35.8 Å². The van der Waals surface area contributed by atoms with Gasteiger partial charge in [0.15, 0.2) is 5.82 Å². The predicted molar refractivity (Wildman–Crippen MR) is 205 cm³/mol. The van der Waals surface area contributed by atoms with Gasteiger partial charge in [0.25, 0.3) is 12.0 Å². The normalized spacial score (nSPS) is 14.3. The molecule has 0 aliphatic heterocycles. The van der Waals surface area contributed by atoms with Crippen molar-refractivity contribution >= 4 is 71.3 Å². The first-order chi connectivity index (χ1) is 26.6. The number of sulfonamides is 1. The maximum absolute atomic E-state index is 14.5. The number of nitrogens with one attached hydrogen (secondary N) is 2. The summed E-state index contributed by atoms with van der Waals surface area (Å²) in [6.45, 7) is -1.07. The van der Waals surface area contributed by atoms with Gasteiger partial charge in [-0.3, -0.25) is 18.8 Å². The number of carboxylic acid groups (broad SMARTS) is 1.